The molecule has 0 saturated carbocycles. The molecule has 5 nitrogen and oxygen atoms in total. The minimum atomic E-state index is -0.674. The van der Waals surface area contributed by atoms with Crippen LogP contribution in [0.5, 0.6) is 5.88 Å². The highest BCUT2D eigenvalue weighted by Gasteiger charge is 2.14. The van der Waals surface area contributed by atoms with Crippen LogP contribution in [-0.2, 0) is 7.05 Å². The summed E-state index contributed by atoms with van der Waals surface area (Å²) in [5.41, 5.74) is 1.08. The van der Waals surface area contributed by atoms with Crippen molar-refractivity contribution in [3.05, 3.63) is 59.9 Å². The lowest BCUT2D eigenvalue weighted by Crippen LogP contribution is -1.93. The topological polar surface area (TPSA) is 66.9 Å². The van der Waals surface area contributed by atoms with Gasteiger partial charge in [0.1, 0.15) is 5.82 Å². The Balaban J connectivity index is 2.00. The Labute approximate surface area is 125 Å². The molecule has 1 aromatic heterocycles. The second-order valence-electron chi connectivity index (χ2n) is 4.76. The predicted octanol–water partition coefficient (Wildman–Crippen LogP) is 3.95. The molecular formula is C16H12FN3O2. The lowest BCUT2D eigenvalue weighted by Gasteiger charge is -1.95. The third kappa shape index (κ3) is 2.35. The molecule has 110 valence electrons. The average Bonchev–Trinajstić information content (AvgIpc) is 2.77. The van der Waals surface area contributed by atoms with E-state index in [1.54, 1.807) is 23.7 Å². The molecule has 6 heteroatoms. The molecule has 3 aromatic rings. The van der Waals surface area contributed by atoms with Crippen molar-refractivity contribution in [2.75, 3.05) is 0 Å². The summed E-state index contributed by atoms with van der Waals surface area (Å²) in [6.45, 7) is 0. The standard InChI is InChI=1S/C16H12FN3O2/c1-20-13-8-3-2-7-12(13)14(16(20)22)18-19-15(21)10-5-4-6-11(17)9-10/h2-9,22H,1H3. The van der Waals surface area contributed by atoms with Crippen molar-refractivity contribution in [3.8, 4) is 5.88 Å². The first-order chi connectivity index (χ1) is 10.6. The molecule has 2 aromatic carbocycles. The minimum Gasteiger partial charge on any atom is -0.493 e. The fraction of sp³-hybridized carbons (Fsp3) is 0.0625. The summed E-state index contributed by atoms with van der Waals surface area (Å²) in [6.07, 6.45) is 0. The summed E-state index contributed by atoms with van der Waals surface area (Å²) in [6, 6.07) is 12.4. The first-order valence-electron chi connectivity index (χ1n) is 6.56. The van der Waals surface area contributed by atoms with Crippen LogP contribution in [0.15, 0.2) is 58.8 Å². The normalized spacial score (nSPS) is 11.4. The lowest BCUT2D eigenvalue weighted by atomic mass is 10.2. The van der Waals surface area contributed by atoms with Crippen LogP contribution in [0.25, 0.3) is 10.9 Å². The third-order valence-corrected chi connectivity index (χ3v) is 3.36. The number of hydrogen-bond acceptors (Lipinski definition) is 3. The number of amides is 1. The van der Waals surface area contributed by atoms with Gasteiger partial charge in [0, 0.05) is 18.0 Å². The second kappa shape index (κ2) is 5.40. The predicted molar refractivity (Wildman–Crippen MR) is 79.8 cm³/mol. The summed E-state index contributed by atoms with van der Waals surface area (Å²) in [5.74, 6) is -1.28. The van der Waals surface area contributed by atoms with Crippen LogP contribution in [0.2, 0.25) is 0 Å². The SMILES string of the molecule is Cn1c(O)c(N=NC(=O)c2cccc(F)c2)c2ccccc21. The van der Waals surface area contributed by atoms with Crippen molar-refractivity contribution < 1.29 is 14.3 Å². The molecule has 0 aliphatic heterocycles. The number of aromatic nitrogens is 1. The molecule has 1 amide bonds. The Hall–Kier alpha value is -3.02. The van der Waals surface area contributed by atoms with Crippen LogP contribution in [0.4, 0.5) is 10.1 Å². The fourth-order valence-electron chi connectivity index (χ4n) is 2.23. The number of rotatable bonds is 2. The average molecular weight is 297 g/mol. The van der Waals surface area contributed by atoms with E-state index < -0.39 is 11.7 Å². The van der Waals surface area contributed by atoms with E-state index in [0.29, 0.717) is 5.39 Å². The van der Waals surface area contributed by atoms with E-state index in [1.807, 2.05) is 12.1 Å². The van der Waals surface area contributed by atoms with Crippen LogP contribution in [0.3, 0.4) is 0 Å². The lowest BCUT2D eigenvalue weighted by molar-refractivity contribution is 0.0994. The van der Waals surface area contributed by atoms with Crippen LogP contribution in [-0.4, -0.2) is 15.6 Å². The maximum Gasteiger partial charge on any atom is 0.295 e. The molecular weight excluding hydrogens is 285 g/mol. The van der Waals surface area contributed by atoms with Crippen molar-refractivity contribution in [1.29, 1.82) is 0 Å². The number of aromatic hydroxyl groups is 1. The smallest absolute Gasteiger partial charge is 0.295 e. The van der Waals surface area contributed by atoms with Crippen molar-refractivity contribution in [2.45, 2.75) is 0 Å². The van der Waals surface area contributed by atoms with Gasteiger partial charge in [-0.3, -0.25) is 4.79 Å². The minimum absolute atomic E-state index is 0.0861. The van der Waals surface area contributed by atoms with Gasteiger partial charge >= 0.3 is 0 Å². The molecule has 0 atom stereocenters. The first kappa shape index (κ1) is 13.9. The number of nitrogens with zero attached hydrogens (tertiary/aromatic N) is 3. The molecule has 1 N–H and O–H groups in total. The maximum absolute atomic E-state index is 13.1. The Kier molecular flexibility index (Phi) is 3.42. The van der Waals surface area contributed by atoms with Gasteiger partial charge in [-0.25, -0.2) is 4.39 Å². The zero-order valence-electron chi connectivity index (χ0n) is 11.7. The van der Waals surface area contributed by atoms with Crippen LogP contribution < -0.4 is 0 Å². The molecule has 0 unspecified atom stereocenters. The fourth-order valence-corrected chi connectivity index (χ4v) is 2.23. The maximum atomic E-state index is 13.1. The van der Waals surface area contributed by atoms with Gasteiger partial charge < -0.3 is 9.67 Å². The molecule has 0 bridgehead atoms. The van der Waals surface area contributed by atoms with E-state index in [0.717, 1.165) is 11.6 Å². The molecule has 1 heterocycles. The summed E-state index contributed by atoms with van der Waals surface area (Å²) in [4.78, 5) is 11.9. The Morgan fingerprint density at radius 3 is 2.73 bits per heavy atom. The van der Waals surface area contributed by atoms with E-state index in [4.69, 9.17) is 0 Å². The van der Waals surface area contributed by atoms with Gasteiger partial charge in [0.15, 0.2) is 5.69 Å². The number of halogens is 1. The summed E-state index contributed by atoms with van der Waals surface area (Å²) in [5, 5.41) is 18.2. The highest BCUT2D eigenvalue weighted by molar-refractivity contribution is 5.97. The summed E-state index contributed by atoms with van der Waals surface area (Å²) < 4.78 is 14.7. The monoisotopic (exact) mass is 297 g/mol. The van der Waals surface area contributed by atoms with Crippen molar-refractivity contribution in [1.82, 2.24) is 4.57 Å². The largest absolute Gasteiger partial charge is 0.493 e. The zero-order chi connectivity index (χ0) is 15.7. The Morgan fingerprint density at radius 1 is 1.18 bits per heavy atom. The zero-order valence-corrected chi connectivity index (χ0v) is 11.7. The van der Waals surface area contributed by atoms with Gasteiger partial charge in [-0.1, -0.05) is 24.3 Å². The van der Waals surface area contributed by atoms with Crippen molar-refractivity contribution >= 4 is 22.5 Å². The number of aryl methyl sites for hydroxylation is 1. The molecule has 0 aliphatic carbocycles. The number of hydrogen-bond donors (Lipinski definition) is 1. The van der Waals surface area contributed by atoms with Gasteiger partial charge in [0.25, 0.3) is 5.91 Å². The molecule has 0 saturated heterocycles. The molecule has 3 rings (SSSR count). The molecule has 0 spiro atoms. The van der Waals surface area contributed by atoms with E-state index in [2.05, 4.69) is 10.2 Å². The summed E-state index contributed by atoms with van der Waals surface area (Å²) >= 11 is 0. The molecule has 22 heavy (non-hydrogen) atoms. The van der Waals surface area contributed by atoms with Crippen molar-refractivity contribution in [2.24, 2.45) is 17.3 Å². The number of para-hydroxylation sites is 1. The Morgan fingerprint density at radius 2 is 1.95 bits per heavy atom. The third-order valence-electron chi connectivity index (χ3n) is 3.36. The molecule has 0 aliphatic rings. The van der Waals surface area contributed by atoms with Crippen LogP contribution in [0, 0.1) is 5.82 Å². The highest BCUT2D eigenvalue weighted by atomic mass is 19.1. The van der Waals surface area contributed by atoms with E-state index in [9.17, 15) is 14.3 Å². The quantitative estimate of drug-likeness (QED) is 0.728. The van der Waals surface area contributed by atoms with Crippen molar-refractivity contribution in [3.63, 3.8) is 0 Å². The second-order valence-corrected chi connectivity index (χ2v) is 4.76. The number of carbonyl (C=O) groups excluding carboxylic acids is 1. The van der Waals surface area contributed by atoms with E-state index in [-0.39, 0.29) is 17.1 Å². The van der Waals surface area contributed by atoms with Crippen LogP contribution in [0.1, 0.15) is 10.4 Å². The number of fused-ring (bicyclic) bond motifs is 1. The van der Waals surface area contributed by atoms with E-state index in [1.165, 1.54) is 18.2 Å². The highest BCUT2D eigenvalue weighted by Crippen LogP contribution is 2.37. The molecule has 0 fully saturated rings. The van der Waals surface area contributed by atoms with Gasteiger partial charge in [0.2, 0.25) is 5.88 Å². The van der Waals surface area contributed by atoms with Gasteiger partial charge in [-0.05, 0) is 24.3 Å². The Bertz CT molecular complexity index is 900. The molecule has 0 radical (unpaired) electrons. The summed E-state index contributed by atoms with van der Waals surface area (Å²) in [7, 11) is 1.69. The van der Waals surface area contributed by atoms with Gasteiger partial charge in [0.05, 0.1) is 5.52 Å². The first-order valence-corrected chi connectivity index (χ1v) is 6.56. The number of benzene rings is 2. The van der Waals surface area contributed by atoms with Gasteiger partial charge in [-0.15, -0.1) is 10.2 Å². The number of azo groups is 1. The number of carbonyl (C=O) groups is 1. The van der Waals surface area contributed by atoms with Gasteiger partial charge in [-0.2, -0.15) is 0 Å². The van der Waals surface area contributed by atoms with Crippen LogP contribution >= 0.6 is 0 Å². The van der Waals surface area contributed by atoms with E-state index >= 15 is 0 Å².